The van der Waals surface area contributed by atoms with E-state index in [9.17, 15) is 4.79 Å². The summed E-state index contributed by atoms with van der Waals surface area (Å²) in [5.41, 5.74) is 1.65. The number of hydrogen-bond donors (Lipinski definition) is 1. The Hall–Kier alpha value is -2.63. The maximum Gasteiger partial charge on any atom is 0.248 e. The second kappa shape index (κ2) is 6.76. The predicted octanol–water partition coefficient (Wildman–Crippen LogP) is 4.71. The summed E-state index contributed by atoms with van der Waals surface area (Å²) in [7, 11) is 0. The van der Waals surface area contributed by atoms with E-state index in [-0.39, 0.29) is 5.56 Å². The fraction of sp³-hybridized carbons (Fsp3) is 0.348. The Morgan fingerprint density at radius 1 is 0.964 bits per heavy atom. The molecule has 0 radical (unpaired) electrons. The second-order valence-corrected chi connectivity index (χ2v) is 8.15. The lowest BCUT2D eigenvalue weighted by Gasteiger charge is -2.30. The summed E-state index contributed by atoms with van der Waals surface area (Å²) < 4.78 is 18.2. The minimum absolute atomic E-state index is 0.136. The van der Waals surface area contributed by atoms with E-state index in [1.807, 2.05) is 76.2 Å². The summed E-state index contributed by atoms with van der Waals surface area (Å²) in [5, 5.41) is 0.976. The number of para-hydroxylation sites is 1. The molecule has 5 heteroatoms. The van der Waals surface area contributed by atoms with Crippen molar-refractivity contribution in [2.75, 3.05) is 0 Å². The number of rotatable bonds is 4. The average Bonchev–Trinajstić information content (AvgIpc) is 2.87. The molecule has 146 valence electrons. The van der Waals surface area contributed by atoms with Gasteiger partial charge in [0, 0.05) is 28.1 Å². The van der Waals surface area contributed by atoms with Gasteiger partial charge in [0.25, 0.3) is 0 Å². The standard InChI is InChI=1S/C23H25NO4/c1-22(2)23(3,4)28-21(27-22)15-8-7-9-17(12-15)26-14-16-13-20(25)24-19-11-6-5-10-18(16)19/h5-13,21H,14H2,1-4H3,(H,24,25). The van der Waals surface area contributed by atoms with Gasteiger partial charge in [0.2, 0.25) is 5.56 Å². The van der Waals surface area contributed by atoms with Crippen LogP contribution in [0.1, 0.15) is 45.1 Å². The van der Waals surface area contributed by atoms with Crippen molar-refractivity contribution in [3.05, 3.63) is 76.1 Å². The number of aromatic amines is 1. The van der Waals surface area contributed by atoms with Crippen LogP contribution in [-0.4, -0.2) is 16.2 Å². The Balaban J connectivity index is 1.55. The Kier molecular flexibility index (Phi) is 4.52. The van der Waals surface area contributed by atoms with E-state index < -0.39 is 17.5 Å². The summed E-state index contributed by atoms with van der Waals surface area (Å²) in [5.74, 6) is 0.705. The van der Waals surface area contributed by atoms with Gasteiger partial charge in [0.05, 0.1) is 11.2 Å². The SMILES string of the molecule is CC1(C)OC(c2cccc(OCc3cc(=O)[nH]c4ccccc34)c2)OC1(C)C. The van der Waals surface area contributed by atoms with Crippen molar-refractivity contribution >= 4 is 10.9 Å². The molecule has 0 aliphatic carbocycles. The van der Waals surface area contributed by atoms with Gasteiger partial charge < -0.3 is 19.2 Å². The fourth-order valence-corrected chi connectivity index (χ4v) is 3.29. The van der Waals surface area contributed by atoms with Crippen LogP contribution in [0.2, 0.25) is 0 Å². The lowest BCUT2D eigenvalue weighted by molar-refractivity contribution is -0.0896. The molecule has 1 aliphatic rings. The van der Waals surface area contributed by atoms with Gasteiger partial charge in [-0.05, 0) is 45.9 Å². The predicted molar refractivity (Wildman–Crippen MR) is 108 cm³/mol. The smallest absolute Gasteiger partial charge is 0.248 e. The monoisotopic (exact) mass is 379 g/mol. The molecular weight excluding hydrogens is 354 g/mol. The number of ether oxygens (including phenoxy) is 3. The van der Waals surface area contributed by atoms with Crippen molar-refractivity contribution in [3.8, 4) is 5.75 Å². The first kappa shape index (κ1) is 18.7. The van der Waals surface area contributed by atoms with Crippen LogP contribution >= 0.6 is 0 Å². The molecule has 0 amide bonds. The van der Waals surface area contributed by atoms with Crippen molar-refractivity contribution < 1.29 is 14.2 Å². The molecule has 5 nitrogen and oxygen atoms in total. The molecule has 1 aliphatic heterocycles. The van der Waals surface area contributed by atoms with Crippen LogP contribution < -0.4 is 10.3 Å². The Morgan fingerprint density at radius 2 is 1.68 bits per heavy atom. The number of hydrogen-bond acceptors (Lipinski definition) is 4. The Labute approximate surface area is 164 Å². The second-order valence-electron chi connectivity index (χ2n) is 8.15. The third-order valence-corrected chi connectivity index (χ3v) is 5.61. The van der Waals surface area contributed by atoms with Gasteiger partial charge in [-0.1, -0.05) is 30.3 Å². The van der Waals surface area contributed by atoms with Crippen LogP contribution in [0.15, 0.2) is 59.4 Å². The van der Waals surface area contributed by atoms with E-state index in [2.05, 4.69) is 4.98 Å². The number of benzene rings is 2. The number of aromatic nitrogens is 1. The van der Waals surface area contributed by atoms with Crippen LogP contribution in [0.3, 0.4) is 0 Å². The third-order valence-electron chi connectivity index (χ3n) is 5.61. The van der Waals surface area contributed by atoms with Crippen LogP contribution in [0, 0.1) is 0 Å². The molecular formula is C23H25NO4. The molecule has 1 N–H and O–H groups in total. The molecule has 0 atom stereocenters. The van der Waals surface area contributed by atoms with Crippen LogP contribution in [0.25, 0.3) is 10.9 Å². The fourth-order valence-electron chi connectivity index (χ4n) is 3.29. The Morgan fingerprint density at radius 3 is 2.43 bits per heavy atom. The molecule has 3 aromatic rings. The van der Waals surface area contributed by atoms with Crippen LogP contribution in [0.4, 0.5) is 0 Å². The summed E-state index contributed by atoms with van der Waals surface area (Å²) in [6.45, 7) is 8.44. The molecule has 28 heavy (non-hydrogen) atoms. The summed E-state index contributed by atoms with van der Waals surface area (Å²) in [4.78, 5) is 14.8. The zero-order valence-electron chi connectivity index (χ0n) is 16.6. The van der Waals surface area contributed by atoms with E-state index in [4.69, 9.17) is 14.2 Å². The van der Waals surface area contributed by atoms with Crippen molar-refractivity contribution in [2.45, 2.75) is 51.8 Å². The number of nitrogens with one attached hydrogen (secondary N) is 1. The highest BCUT2D eigenvalue weighted by atomic mass is 16.7. The van der Waals surface area contributed by atoms with Gasteiger partial charge in [-0.2, -0.15) is 0 Å². The molecule has 1 saturated heterocycles. The topological polar surface area (TPSA) is 60.5 Å². The lowest BCUT2D eigenvalue weighted by atomic mass is 9.90. The molecule has 1 fully saturated rings. The van der Waals surface area contributed by atoms with E-state index in [1.165, 1.54) is 0 Å². The Bertz CT molecular complexity index is 1050. The van der Waals surface area contributed by atoms with E-state index >= 15 is 0 Å². The summed E-state index contributed by atoms with van der Waals surface area (Å²) >= 11 is 0. The molecule has 0 spiro atoms. The highest BCUT2D eigenvalue weighted by Gasteiger charge is 2.49. The minimum atomic E-state index is -0.436. The minimum Gasteiger partial charge on any atom is -0.489 e. The van der Waals surface area contributed by atoms with E-state index in [1.54, 1.807) is 6.07 Å². The van der Waals surface area contributed by atoms with Crippen LogP contribution in [0.5, 0.6) is 5.75 Å². The molecule has 0 bridgehead atoms. The van der Waals surface area contributed by atoms with Gasteiger partial charge >= 0.3 is 0 Å². The van der Waals surface area contributed by atoms with Crippen molar-refractivity contribution in [3.63, 3.8) is 0 Å². The summed E-state index contributed by atoms with van der Waals surface area (Å²) in [6.07, 6.45) is -0.436. The highest BCUT2D eigenvalue weighted by molar-refractivity contribution is 5.81. The average molecular weight is 379 g/mol. The van der Waals surface area contributed by atoms with E-state index in [0.29, 0.717) is 12.4 Å². The van der Waals surface area contributed by atoms with Crippen molar-refractivity contribution in [2.24, 2.45) is 0 Å². The maximum absolute atomic E-state index is 11.9. The van der Waals surface area contributed by atoms with Gasteiger partial charge in [0.1, 0.15) is 12.4 Å². The van der Waals surface area contributed by atoms with Gasteiger partial charge in [-0.15, -0.1) is 0 Å². The first-order chi connectivity index (χ1) is 13.2. The summed E-state index contributed by atoms with van der Waals surface area (Å²) in [6, 6.07) is 17.0. The first-order valence-corrected chi connectivity index (χ1v) is 9.44. The molecule has 0 unspecified atom stereocenters. The number of H-pyrrole nitrogens is 1. The van der Waals surface area contributed by atoms with Crippen molar-refractivity contribution in [1.29, 1.82) is 0 Å². The van der Waals surface area contributed by atoms with Gasteiger partial charge in [-0.25, -0.2) is 0 Å². The van der Waals surface area contributed by atoms with Crippen molar-refractivity contribution in [1.82, 2.24) is 4.98 Å². The van der Waals surface area contributed by atoms with E-state index in [0.717, 1.165) is 22.0 Å². The number of pyridine rings is 1. The van der Waals surface area contributed by atoms with Gasteiger partial charge in [0.15, 0.2) is 6.29 Å². The maximum atomic E-state index is 11.9. The van der Waals surface area contributed by atoms with Gasteiger partial charge in [-0.3, -0.25) is 4.79 Å². The lowest BCUT2D eigenvalue weighted by Crippen LogP contribution is -2.41. The zero-order chi connectivity index (χ0) is 19.9. The first-order valence-electron chi connectivity index (χ1n) is 9.44. The largest absolute Gasteiger partial charge is 0.489 e. The number of fused-ring (bicyclic) bond motifs is 1. The normalized spacial score (nSPS) is 18.4. The molecule has 4 rings (SSSR count). The highest BCUT2D eigenvalue weighted by Crippen LogP contribution is 2.45. The molecule has 2 aromatic carbocycles. The molecule has 2 heterocycles. The van der Waals surface area contributed by atoms with Crippen LogP contribution in [-0.2, 0) is 16.1 Å². The molecule has 0 saturated carbocycles. The molecule has 1 aromatic heterocycles. The quantitative estimate of drug-likeness (QED) is 0.713. The zero-order valence-corrected chi connectivity index (χ0v) is 16.6. The third kappa shape index (κ3) is 3.43.